The van der Waals surface area contributed by atoms with Crippen molar-refractivity contribution in [3.05, 3.63) is 48.0 Å². The van der Waals surface area contributed by atoms with Crippen molar-refractivity contribution in [2.24, 2.45) is 5.92 Å². The summed E-state index contributed by atoms with van der Waals surface area (Å²) in [5.41, 5.74) is 0.556. The SMILES string of the molecule is CN1C(=O)C[C@@H](C(=O)Nc2cnn(CC(F)(F)F)c2)[C@@H]1c1cccc(F)c1. The van der Waals surface area contributed by atoms with Gasteiger partial charge in [-0.2, -0.15) is 18.3 Å². The van der Waals surface area contributed by atoms with Gasteiger partial charge in [0, 0.05) is 19.7 Å². The Morgan fingerprint density at radius 2 is 2.11 bits per heavy atom. The minimum absolute atomic E-state index is 0.0831. The van der Waals surface area contributed by atoms with Crippen molar-refractivity contribution in [2.75, 3.05) is 12.4 Å². The Bertz CT molecular complexity index is 865. The molecule has 2 amide bonds. The summed E-state index contributed by atoms with van der Waals surface area (Å²) in [5.74, 6) is -2.13. The Labute approximate surface area is 151 Å². The third kappa shape index (κ3) is 4.26. The Kier molecular flexibility index (Phi) is 4.90. The van der Waals surface area contributed by atoms with Crippen LogP contribution in [0.25, 0.3) is 0 Å². The molecule has 0 bridgehead atoms. The average molecular weight is 384 g/mol. The van der Waals surface area contributed by atoms with Crippen LogP contribution in [0.3, 0.4) is 0 Å². The van der Waals surface area contributed by atoms with E-state index in [1.165, 1.54) is 30.1 Å². The molecule has 2 atom stereocenters. The van der Waals surface area contributed by atoms with Crippen molar-refractivity contribution in [1.29, 1.82) is 0 Å². The number of likely N-dealkylation sites (tertiary alicyclic amines) is 1. The number of anilines is 1. The summed E-state index contributed by atoms with van der Waals surface area (Å²) in [6, 6.07) is 4.94. The summed E-state index contributed by atoms with van der Waals surface area (Å²) >= 11 is 0. The molecule has 0 radical (unpaired) electrons. The number of aromatic nitrogens is 2. The number of carbonyl (C=O) groups is 2. The first kappa shape index (κ1) is 18.9. The number of nitrogens with one attached hydrogen (secondary N) is 1. The lowest BCUT2D eigenvalue weighted by atomic mass is 9.93. The number of amides is 2. The molecule has 0 spiro atoms. The van der Waals surface area contributed by atoms with Gasteiger partial charge in [-0.15, -0.1) is 0 Å². The molecule has 1 N–H and O–H groups in total. The highest BCUT2D eigenvalue weighted by Crippen LogP contribution is 2.37. The first-order valence-electron chi connectivity index (χ1n) is 8.05. The van der Waals surface area contributed by atoms with Crippen LogP contribution >= 0.6 is 0 Å². The standard InChI is InChI=1S/C17H16F4N4O2/c1-24-14(26)6-13(15(24)10-3-2-4-11(18)5-10)16(27)23-12-7-22-25(8-12)9-17(19,20)21/h2-5,7-8,13,15H,6,9H2,1H3,(H,23,27)/t13-,15+/m1/s1. The fourth-order valence-electron chi connectivity index (χ4n) is 3.18. The molecular weight excluding hydrogens is 368 g/mol. The fraction of sp³-hybridized carbons (Fsp3) is 0.353. The van der Waals surface area contributed by atoms with Crippen molar-refractivity contribution in [2.45, 2.75) is 25.2 Å². The number of alkyl halides is 3. The molecule has 1 fully saturated rings. The smallest absolute Gasteiger partial charge is 0.338 e. The molecule has 0 saturated carbocycles. The molecule has 2 aromatic rings. The molecule has 3 rings (SSSR count). The molecule has 1 aliphatic rings. The molecule has 10 heteroatoms. The maximum absolute atomic E-state index is 13.6. The molecule has 27 heavy (non-hydrogen) atoms. The molecule has 1 aromatic heterocycles. The lowest BCUT2D eigenvalue weighted by molar-refractivity contribution is -0.142. The van der Waals surface area contributed by atoms with E-state index in [1.807, 2.05) is 0 Å². The van der Waals surface area contributed by atoms with E-state index in [2.05, 4.69) is 10.4 Å². The van der Waals surface area contributed by atoms with Gasteiger partial charge in [0.05, 0.1) is 23.8 Å². The summed E-state index contributed by atoms with van der Waals surface area (Å²) < 4.78 is 51.4. The second kappa shape index (κ2) is 7.01. The highest BCUT2D eigenvalue weighted by atomic mass is 19.4. The van der Waals surface area contributed by atoms with Gasteiger partial charge >= 0.3 is 6.18 Å². The molecule has 1 saturated heterocycles. The maximum Gasteiger partial charge on any atom is 0.408 e. The fourth-order valence-corrected chi connectivity index (χ4v) is 3.18. The van der Waals surface area contributed by atoms with E-state index in [9.17, 15) is 27.2 Å². The molecule has 0 aliphatic carbocycles. The van der Waals surface area contributed by atoms with E-state index in [4.69, 9.17) is 0 Å². The quantitative estimate of drug-likeness (QED) is 0.825. The number of halogens is 4. The van der Waals surface area contributed by atoms with Crippen LogP contribution in [0.5, 0.6) is 0 Å². The van der Waals surface area contributed by atoms with Crippen LogP contribution < -0.4 is 5.32 Å². The minimum atomic E-state index is -4.43. The predicted molar refractivity (Wildman–Crippen MR) is 86.9 cm³/mol. The molecule has 2 heterocycles. The zero-order chi connectivity index (χ0) is 19.8. The van der Waals surface area contributed by atoms with Crippen molar-refractivity contribution >= 4 is 17.5 Å². The topological polar surface area (TPSA) is 67.2 Å². The average Bonchev–Trinajstić information content (AvgIpc) is 3.10. The van der Waals surface area contributed by atoms with Gasteiger partial charge in [-0.3, -0.25) is 14.3 Å². The molecule has 1 aliphatic heterocycles. The monoisotopic (exact) mass is 384 g/mol. The lowest BCUT2D eigenvalue weighted by Crippen LogP contribution is -2.30. The Hall–Kier alpha value is -2.91. The van der Waals surface area contributed by atoms with Gasteiger partial charge in [-0.1, -0.05) is 12.1 Å². The van der Waals surface area contributed by atoms with Gasteiger partial charge in [0.25, 0.3) is 0 Å². The Morgan fingerprint density at radius 3 is 2.78 bits per heavy atom. The van der Waals surface area contributed by atoms with Crippen LogP contribution in [0.2, 0.25) is 0 Å². The molecule has 0 unspecified atom stereocenters. The van der Waals surface area contributed by atoms with E-state index < -0.39 is 36.4 Å². The molecule has 1 aromatic carbocycles. The summed E-state index contributed by atoms with van der Waals surface area (Å²) in [4.78, 5) is 26.1. The van der Waals surface area contributed by atoms with Gasteiger partial charge in [-0.25, -0.2) is 4.39 Å². The number of nitrogens with zero attached hydrogens (tertiary/aromatic N) is 3. The van der Waals surface area contributed by atoms with Gasteiger partial charge in [-0.05, 0) is 17.7 Å². The number of benzene rings is 1. The van der Waals surface area contributed by atoms with Gasteiger partial charge in [0.1, 0.15) is 12.4 Å². The second-order valence-corrected chi connectivity index (χ2v) is 6.35. The second-order valence-electron chi connectivity index (χ2n) is 6.35. The molecule has 144 valence electrons. The number of carbonyl (C=O) groups excluding carboxylic acids is 2. The molecular formula is C17H16F4N4O2. The van der Waals surface area contributed by atoms with E-state index in [-0.39, 0.29) is 18.0 Å². The number of hydrogen-bond acceptors (Lipinski definition) is 3. The Morgan fingerprint density at radius 1 is 1.37 bits per heavy atom. The summed E-state index contributed by atoms with van der Waals surface area (Å²) in [6.07, 6.45) is -2.36. The Balaban J connectivity index is 1.77. The summed E-state index contributed by atoms with van der Waals surface area (Å²) in [5, 5.41) is 6.04. The van der Waals surface area contributed by atoms with Crippen LogP contribution in [0.15, 0.2) is 36.7 Å². The first-order valence-corrected chi connectivity index (χ1v) is 8.05. The van der Waals surface area contributed by atoms with Gasteiger partial charge < -0.3 is 10.2 Å². The van der Waals surface area contributed by atoms with E-state index in [1.54, 1.807) is 6.07 Å². The third-order valence-electron chi connectivity index (χ3n) is 4.36. The zero-order valence-electron chi connectivity index (χ0n) is 14.2. The van der Waals surface area contributed by atoms with Crippen molar-refractivity contribution in [3.8, 4) is 0 Å². The minimum Gasteiger partial charge on any atom is -0.338 e. The lowest BCUT2D eigenvalue weighted by Gasteiger charge is -2.24. The van der Waals surface area contributed by atoms with Crippen molar-refractivity contribution in [3.63, 3.8) is 0 Å². The van der Waals surface area contributed by atoms with E-state index >= 15 is 0 Å². The highest BCUT2D eigenvalue weighted by Gasteiger charge is 2.43. The first-order chi connectivity index (χ1) is 12.6. The van der Waals surface area contributed by atoms with Crippen LogP contribution in [0.4, 0.5) is 23.2 Å². The predicted octanol–water partition coefficient (Wildman–Crippen LogP) is 2.74. The van der Waals surface area contributed by atoms with Crippen LogP contribution in [0.1, 0.15) is 18.0 Å². The van der Waals surface area contributed by atoms with Gasteiger partial charge in [0.2, 0.25) is 11.8 Å². The number of hydrogen-bond donors (Lipinski definition) is 1. The normalized spacial score (nSPS) is 20.2. The van der Waals surface area contributed by atoms with Gasteiger partial charge in [0.15, 0.2) is 0 Å². The van der Waals surface area contributed by atoms with Crippen LogP contribution in [0, 0.1) is 11.7 Å². The van der Waals surface area contributed by atoms with Crippen molar-refractivity contribution in [1.82, 2.24) is 14.7 Å². The summed E-state index contributed by atoms with van der Waals surface area (Å²) in [6.45, 7) is -1.28. The van der Waals surface area contributed by atoms with E-state index in [0.717, 1.165) is 12.4 Å². The van der Waals surface area contributed by atoms with Crippen molar-refractivity contribution < 1.29 is 27.2 Å². The highest BCUT2D eigenvalue weighted by molar-refractivity contribution is 5.97. The largest absolute Gasteiger partial charge is 0.408 e. The van der Waals surface area contributed by atoms with Crippen LogP contribution in [-0.4, -0.2) is 39.7 Å². The number of rotatable bonds is 4. The van der Waals surface area contributed by atoms with Crippen LogP contribution in [-0.2, 0) is 16.1 Å². The third-order valence-corrected chi connectivity index (χ3v) is 4.36. The maximum atomic E-state index is 13.6. The molecule has 6 nitrogen and oxygen atoms in total. The summed E-state index contributed by atoms with van der Waals surface area (Å²) in [7, 11) is 1.52. The zero-order valence-corrected chi connectivity index (χ0v) is 14.2. The van der Waals surface area contributed by atoms with E-state index in [0.29, 0.717) is 10.2 Å².